The van der Waals surface area contributed by atoms with E-state index in [1.807, 2.05) is 0 Å². The van der Waals surface area contributed by atoms with Crippen LogP contribution in [0.5, 0.6) is 0 Å². The molecule has 12 heavy (non-hydrogen) atoms. The summed E-state index contributed by atoms with van der Waals surface area (Å²) >= 11 is 0. The fourth-order valence-corrected chi connectivity index (χ4v) is 2.33. The topological polar surface area (TPSA) is 37.4 Å². The molecular weight excluding hydrogens is 174 g/mol. The summed E-state index contributed by atoms with van der Waals surface area (Å²) in [6, 6.07) is 0. The predicted molar refractivity (Wildman–Crippen MR) is 49.5 cm³/mol. The highest BCUT2D eigenvalue weighted by Crippen LogP contribution is 2.21. The smallest absolute Gasteiger partial charge is 0.203 e. The molecule has 4 heteroatoms. The zero-order valence-corrected chi connectivity index (χ0v) is 8.43. The first-order valence-electron chi connectivity index (χ1n) is 4.63. The Morgan fingerprint density at radius 3 is 2.75 bits per heavy atom. The van der Waals surface area contributed by atoms with E-state index in [0.29, 0.717) is 5.92 Å². The van der Waals surface area contributed by atoms with E-state index in [2.05, 4.69) is 6.92 Å². The highest BCUT2D eigenvalue weighted by Gasteiger charge is 2.22. The molecule has 0 aromatic heterocycles. The molecule has 1 unspecified atom stereocenters. The summed E-state index contributed by atoms with van der Waals surface area (Å²) in [6.45, 7) is 3.67. The van der Waals surface area contributed by atoms with Crippen molar-refractivity contribution in [2.24, 2.45) is 5.92 Å². The third-order valence-corrected chi connectivity index (χ3v) is 3.29. The molecule has 0 aliphatic carbocycles. The van der Waals surface area contributed by atoms with Gasteiger partial charge in [-0.2, -0.15) is 0 Å². The minimum Gasteiger partial charge on any atom is -0.215 e. The molecule has 3 nitrogen and oxygen atoms in total. The highest BCUT2D eigenvalue weighted by molar-refractivity contribution is 7.69. The van der Waals surface area contributed by atoms with Gasteiger partial charge in [0.05, 0.1) is 0 Å². The Bertz CT molecular complexity index is 195. The minimum absolute atomic E-state index is 0.623. The Morgan fingerprint density at radius 2 is 2.25 bits per heavy atom. The number of nitrogens with zero attached hydrogens (tertiary/aromatic N) is 1. The van der Waals surface area contributed by atoms with E-state index >= 15 is 0 Å². The van der Waals surface area contributed by atoms with E-state index < -0.39 is 10.9 Å². The van der Waals surface area contributed by atoms with Crippen molar-refractivity contribution >= 4 is 10.9 Å². The van der Waals surface area contributed by atoms with Gasteiger partial charge in [-0.1, -0.05) is 19.8 Å². The molecule has 0 amide bonds. The normalized spacial score (nSPS) is 25.3. The van der Waals surface area contributed by atoms with Crippen LogP contribution in [0.3, 0.4) is 0 Å². The molecule has 0 spiro atoms. The maximum absolute atomic E-state index is 10.6. The lowest BCUT2D eigenvalue weighted by atomic mass is 10.0. The third-order valence-electron chi connectivity index (χ3n) is 2.46. The van der Waals surface area contributed by atoms with Crippen LogP contribution in [0.2, 0.25) is 0 Å². The fraction of sp³-hybridized carbons (Fsp3) is 1.00. The van der Waals surface area contributed by atoms with Crippen molar-refractivity contribution in [1.82, 2.24) is 4.31 Å². The van der Waals surface area contributed by atoms with Crippen molar-refractivity contribution in [3.63, 3.8) is 0 Å². The number of hydrogen-bond acceptors (Lipinski definition) is 2. The number of rotatable bonds is 4. The second kappa shape index (κ2) is 4.82. The molecule has 1 heterocycles. The van der Waals surface area contributed by atoms with Gasteiger partial charge in [0.1, 0.15) is 0 Å². The van der Waals surface area contributed by atoms with Gasteiger partial charge in [0, 0.05) is 13.1 Å². The monoisotopic (exact) mass is 191 g/mol. The number of unbranched alkanes of at least 4 members (excludes halogenated alkanes) is 1. The zero-order valence-electron chi connectivity index (χ0n) is 7.53. The SMILES string of the molecule is CCCCC1CCN([SH](=O)=O)C1. The summed E-state index contributed by atoms with van der Waals surface area (Å²) in [5, 5.41) is 0. The Labute approximate surface area is 75.8 Å². The lowest BCUT2D eigenvalue weighted by Gasteiger charge is -2.07. The molecule has 1 saturated heterocycles. The summed E-state index contributed by atoms with van der Waals surface area (Å²) in [6.07, 6.45) is 4.69. The van der Waals surface area contributed by atoms with Crippen LogP contribution < -0.4 is 0 Å². The molecule has 72 valence electrons. The van der Waals surface area contributed by atoms with E-state index in [1.165, 1.54) is 19.3 Å². The van der Waals surface area contributed by atoms with Gasteiger partial charge in [0.25, 0.3) is 0 Å². The first-order chi connectivity index (χ1) is 5.74. The van der Waals surface area contributed by atoms with Crippen LogP contribution in [0.4, 0.5) is 0 Å². The van der Waals surface area contributed by atoms with Gasteiger partial charge in [-0.25, -0.2) is 12.7 Å². The molecular formula is C8H17NO2S. The zero-order chi connectivity index (χ0) is 8.97. The van der Waals surface area contributed by atoms with Crippen LogP contribution in [0.25, 0.3) is 0 Å². The Kier molecular flexibility index (Phi) is 4.01. The lowest BCUT2D eigenvalue weighted by Crippen LogP contribution is -2.18. The molecule has 0 saturated carbocycles. The van der Waals surface area contributed by atoms with Crippen LogP contribution in [-0.2, 0) is 10.9 Å². The summed E-state index contributed by atoms with van der Waals surface area (Å²) in [5.41, 5.74) is 0. The van der Waals surface area contributed by atoms with Gasteiger partial charge in [-0.15, -0.1) is 0 Å². The second-order valence-corrected chi connectivity index (χ2v) is 4.49. The average molecular weight is 191 g/mol. The van der Waals surface area contributed by atoms with Crippen molar-refractivity contribution in [3.05, 3.63) is 0 Å². The first kappa shape index (κ1) is 9.99. The summed E-state index contributed by atoms with van der Waals surface area (Å²) in [4.78, 5) is 0. The quantitative estimate of drug-likeness (QED) is 0.674. The summed E-state index contributed by atoms with van der Waals surface area (Å²) in [7, 11) is -2.31. The van der Waals surface area contributed by atoms with Crippen molar-refractivity contribution < 1.29 is 8.42 Å². The molecule has 1 aliphatic heterocycles. The maximum atomic E-state index is 10.6. The third kappa shape index (κ3) is 2.75. The van der Waals surface area contributed by atoms with Crippen molar-refractivity contribution in [2.45, 2.75) is 32.6 Å². The molecule has 0 bridgehead atoms. The predicted octanol–water partition coefficient (Wildman–Crippen LogP) is 1.02. The second-order valence-electron chi connectivity index (χ2n) is 3.45. The van der Waals surface area contributed by atoms with Gasteiger partial charge in [-0.05, 0) is 18.8 Å². The van der Waals surface area contributed by atoms with Crippen molar-refractivity contribution in [3.8, 4) is 0 Å². The van der Waals surface area contributed by atoms with Gasteiger partial charge in [-0.3, -0.25) is 0 Å². The van der Waals surface area contributed by atoms with Crippen LogP contribution >= 0.6 is 0 Å². The average Bonchev–Trinajstić information content (AvgIpc) is 2.48. The van der Waals surface area contributed by atoms with E-state index in [-0.39, 0.29) is 0 Å². The van der Waals surface area contributed by atoms with Gasteiger partial charge in [0.2, 0.25) is 10.9 Å². The van der Waals surface area contributed by atoms with Crippen LogP contribution in [0.1, 0.15) is 32.6 Å². The first-order valence-corrected chi connectivity index (χ1v) is 5.76. The fourth-order valence-electron chi connectivity index (χ4n) is 1.69. The van der Waals surface area contributed by atoms with Crippen molar-refractivity contribution in [2.75, 3.05) is 13.1 Å². The molecule has 1 atom stereocenters. The largest absolute Gasteiger partial charge is 0.215 e. The van der Waals surface area contributed by atoms with Gasteiger partial charge >= 0.3 is 0 Å². The minimum atomic E-state index is -2.31. The van der Waals surface area contributed by atoms with Crippen LogP contribution in [0.15, 0.2) is 0 Å². The number of hydrogen-bond donors (Lipinski definition) is 1. The molecule has 0 aromatic rings. The molecule has 1 fully saturated rings. The molecule has 1 aliphatic rings. The maximum Gasteiger partial charge on any atom is 0.203 e. The molecule has 0 N–H and O–H groups in total. The van der Waals surface area contributed by atoms with Gasteiger partial charge in [0.15, 0.2) is 0 Å². The van der Waals surface area contributed by atoms with E-state index in [1.54, 1.807) is 4.31 Å². The van der Waals surface area contributed by atoms with Crippen molar-refractivity contribution in [1.29, 1.82) is 0 Å². The number of thiol groups is 1. The van der Waals surface area contributed by atoms with E-state index in [9.17, 15) is 8.42 Å². The Hall–Kier alpha value is -0.0900. The standard InChI is InChI=1S/C8H17NO2S/c1-2-3-4-8-5-6-9(7-8)12(10)11/h8,12H,2-7H2,1H3. The highest BCUT2D eigenvalue weighted by atomic mass is 32.2. The van der Waals surface area contributed by atoms with Crippen LogP contribution in [0, 0.1) is 5.92 Å². The van der Waals surface area contributed by atoms with Gasteiger partial charge < -0.3 is 0 Å². The van der Waals surface area contributed by atoms with E-state index in [4.69, 9.17) is 0 Å². The molecule has 1 rings (SSSR count). The van der Waals surface area contributed by atoms with Crippen LogP contribution in [-0.4, -0.2) is 25.8 Å². The Morgan fingerprint density at radius 1 is 1.50 bits per heavy atom. The Balaban J connectivity index is 2.26. The van der Waals surface area contributed by atoms with E-state index in [0.717, 1.165) is 19.5 Å². The lowest BCUT2D eigenvalue weighted by molar-refractivity contribution is 0.451. The summed E-state index contributed by atoms with van der Waals surface area (Å²) in [5.74, 6) is 0.623. The molecule has 0 aromatic carbocycles. The molecule has 0 radical (unpaired) electrons. The summed E-state index contributed by atoms with van der Waals surface area (Å²) < 4.78 is 22.7.